The lowest BCUT2D eigenvalue weighted by Gasteiger charge is -1.99. The first-order valence-corrected chi connectivity index (χ1v) is 4.40. The Hall–Kier alpha value is -0.130. The molecule has 0 amide bonds. The molecule has 0 fully saturated rings. The molecule has 1 rings (SSSR count). The van der Waals surface area contributed by atoms with Crippen LogP contribution in [0.3, 0.4) is 0 Å². The Balaban J connectivity index is 0.00000121. The van der Waals surface area contributed by atoms with E-state index in [1.165, 1.54) is 11.3 Å². The Morgan fingerprint density at radius 2 is 2.42 bits per heavy atom. The van der Waals surface area contributed by atoms with Gasteiger partial charge in [-0.25, -0.2) is 0 Å². The number of rotatable bonds is 4. The van der Waals surface area contributed by atoms with Crippen molar-refractivity contribution in [2.24, 2.45) is 0 Å². The lowest BCUT2D eigenvalue weighted by Crippen LogP contribution is -2.13. The summed E-state index contributed by atoms with van der Waals surface area (Å²) in [7, 11) is 1.69. The standard InChI is InChI=1S/C7H12N2OS.BrH/c1-10-5-2-3-9-4-6-11-7(9)8;/h4,6,8H,2-3,5H2,1H3;1H. The van der Waals surface area contributed by atoms with Crippen molar-refractivity contribution in [3.05, 3.63) is 16.4 Å². The molecule has 0 radical (unpaired) electrons. The minimum atomic E-state index is 0. The molecule has 0 bridgehead atoms. The molecule has 1 aromatic rings. The first-order valence-electron chi connectivity index (χ1n) is 3.52. The van der Waals surface area contributed by atoms with Crippen LogP contribution in [0.25, 0.3) is 0 Å². The van der Waals surface area contributed by atoms with Gasteiger partial charge in [-0.3, -0.25) is 5.41 Å². The number of hydrogen-bond acceptors (Lipinski definition) is 3. The summed E-state index contributed by atoms with van der Waals surface area (Å²) in [5.74, 6) is 0. The Bertz CT molecular complexity index is 258. The predicted octanol–water partition coefficient (Wildman–Crippen LogP) is 1.64. The molecule has 0 aromatic carbocycles. The van der Waals surface area contributed by atoms with Crippen LogP contribution in [0.1, 0.15) is 6.42 Å². The summed E-state index contributed by atoms with van der Waals surface area (Å²) in [5, 5.41) is 9.35. The van der Waals surface area contributed by atoms with Gasteiger partial charge >= 0.3 is 0 Å². The summed E-state index contributed by atoms with van der Waals surface area (Å²) in [6.07, 6.45) is 2.91. The quantitative estimate of drug-likeness (QED) is 0.814. The zero-order chi connectivity index (χ0) is 8.10. The van der Waals surface area contributed by atoms with Gasteiger partial charge < -0.3 is 9.30 Å². The number of ether oxygens (including phenoxy) is 1. The van der Waals surface area contributed by atoms with Crippen LogP contribution < -0.4 is 4.80 Å². The van der Waals surface area contributed by atoms with Gasteiger partial charge in [-0.1, -0.05) is 0 Å². The van der Waals surface area contributed by atoms with Crippen LogP contribution >= 0.6 is 28.3 Å². The van der Waals surface area contributed by atoms with Crippen molar-refractivity contribution in [2.45, 2.75) is 13.0 Å². The van der Waals surface area contributed by atoms with Crippen LogP contribution in [-0.2, 0) is 11.3 Å². The molecular formula is C7H13BrN2OS. The Morgan fingerprint density at radius 3 is 2.92 bits per heavy atom. The molecule has 0 saturated carbocycles. The summed E-state index contributed by atoms with van der Waals surface area (Å²) in [6.45, 7) is 1.65. The number of nitrogens with one attached hydrogen (secondary N) is 1. The largest absolute Gasteiger partial charge is 0.385 e. The van der Waals surface area contributed by atoms with Crippen LogP contribution in [0.4, 0.5) is 0 Å². The molecule has 0 aliphatic carbocycles. The van der Waals surface area contributed by atoms with Crippen LogP contribution in [0.15, 0.2) is 11.6 Å². The molecule has 3 nitrogen and oxygen atoms in total. The number of methoxy groups -OCH3 is 1. The van der Waals surface area contributed by atoms with Crippen molar-refractivity contribution < 1.29 is 4.74 Å². The van der Waals surface area contributed by atoms with E-state index >= 15 is 0 Å². The van der Waals surface area contributed by atoms with Gasteiger partial charge in [0.1, 0.15) is 0 Å². The molecule has 1 aromatic heterocycles. The van der Waals surface area contributed by atoms with Gasteiger partial charge in [0.25, 0.3) is 0 Å². The molecule has 0 aliphatic rings. The van der Waals surface area contributed by atoms with Gasteiger partial charge in [-0.15, -0.1) is 28.3 Å². The van der Waals surface area contributed by atoms with Crippen molar-refractivity contribution in [3.8, 4) is 0 Å². The molecule has 0 saturated heterocycles. The Morgan fingerprint density at radius 1 is 1.67 bits per heavy atom. The van der Waals surface area contributed by atoms with Crippen molar-refractivity contribution >= 4 is 28.3 Å². The van der Waals surface area contributed by atoms with E-state index in [1.54, 1.807) is 7.11 Å². The number of aryl methyl sites for hydroxylation is 1. The Kier molecular flexibility index (Phi) is 6.32. The molecule has 1 heterocycles. The third kappa shape index (κ3) is 3.51. The van der Waals surface area contributed by atoms with Gasteiger partial charge in [0, 0.05) is 31.8 Å². The van der Waals surface area contributed by atoms with Crippen molar-refractivity contribution in [1.29, 1.82) is 5.41 Å². The number of aromatic nitrogens is 1. The second kappa shape index (κ2) is 6.39. The fourth-order valence-corrected chi connectivity index (χ4v) is 1.48. The Labute approximate surface area is 86.3 Å². The number of thiazole rings is 1. The topological polar surface area (TPSA) is 38.0 Å². The number of nitrogens with zero attached hydrogens (tertiary/aromatic N) is 1. The van der Waals surface area contributed by atoms with Gasteiger partial charge in [0.15, 0.2) is 4.80 Å². The highest BCUT2D eigenvalue weighted by atomic mass is 79.9. The summed E-state index contributed by atoms with van der Waals surface area (Å²) in [4.78, 5) is 0.612. The van der Waals surface area contributed by atoms with E-state index in [1.807, 2.05) is 16.1 Å². The summed E-state index contributed by atoms with van der Waals surface area (Å²) in [6, 6.07) is 0. The zero-order valence-corrected chi connectivity index (χ0v) is 9.48. The van der Waals surface area contributed by atoms with Gasteiger partial charge in [0.2, 0.25) is 0 Å². The molecule has 5 heteroatoms. The maximum atomic E-state index is 7.43. The molecule has 70 valence electrons. The molecule has 0 aliphatic heterocycles. The van der Waals surface area contributed by atoms with Crippen LogP contribution in [0, 0.1) is 5.41 Å². The van der Waals surface area contributed by atoms with E-state index in [9.17, 15) is 0 Å². The van der Waals surface area contributed by atoms with Crippen molar-refractivity contribution in [2.75, 3.05) is 13.7 Å². The molecule has 0 atom stereocenters. The highest BCUT2D eigenvalue weighted by Crippen LogP contribution is 1.91. The van der Waals surface area contributed by atoms with Crippen LogP contribution in [0.5, 0.6) is 0 Å². The smallest absolute Gasteiger partial charge is 0.181 e. The fraction of sp³-hybridized carbons (Fsp3) is 0.571. The van der Waals surface area contributed by atoms with E-state index in [2.05, 4.69) is 0 Å². The normalized spacial score (nSPS) is 9.42. The van der Waals surface area contributed by atoms with Crippen molar-refractivity contribution in [3.63, 3.8) is 0 Å². The maximum Gasteiger partial charge on any atom is 0.181 e. The molecule has 0 spiro atoms. The molecule has 12 heavy (non-hydrogen) atoms. The van der Waals surface area contributed by atoms with E-state index in [4.69, 9.17) is 10.1 Å². The van der Waals surface area contributed by atoms with E-state index in [0.717, 1.165) is 19.6 Å². The van der Waals surface area contributed by atoms with Crippen molar-refractivity contribution in [1.82, 2.24) is 4.57 Å². The summed E-state index contributed by atoms with van der Waals surface area (Å²) < 4.78 is 6.83. The van der Waals surface area contributed by atoms with Crippen LogP contribution in [0.2, 0.25) is 0 Å². The summed E-state index contributed by atoms with van der Waals surface area (Å²) in [5.41, 5.74) is 0. The lowest BCUT2D eigenvalue weighted by molar-refractivity contribution is 0.190. The molecule has 1 N–H and O–H groups in total. The highest BCUT2D eigenvalue weighted by Gasteiger charge is 1.91. The lowest BCUT2D eigenvalue weighted by atomic mass is 10.4. The van der Waals surface area contributed by atoms with E-state index in [-0.39, 0.29) is 17.0 Å². The first kappa shape index (κ1) is 11.9. The third-order valence-corrected chi connectivity index (χ3v) is 2.14. The average molecular weight is 253 g/mol. The first-order chi connectivity index (χ1) is 5.34. The predicted molar refractivity (Wildman–Crippen MR) is 55.0 cm³/mol. The maximum absolute atomic E-state index is 7.43. The SMILES string of the molecule is Br.COCCCn1ccsc1=N. The molecule has 0 unspecified atom stereocenters. The average Bonchev–Trinajstić information content (AvgIpc) is 2.37. The zero-order valence-electron chi connectivity index (χ0n) is 6.95. The summed E-state index contributed by atoms with van der Waals surface area (Å²) >= 11 is 1.45. The van der Waals surface area contributed by atoms with E-state index < -0.39 is 0 Å². The van der Waals surface area contributed by atoms with Gasteiger partial charge in [-0.2, -0.15) is 0 Å². The molecular weight excluding hydrogens is 240 g/mol. The second-order valence-corrected chi connectivity index (χ2v) is 3.14. The number of hydrogen-bond donors (Lipinski definition) is 1. The van der Waals surface area contributed by atoms with Crippen LogP contribution in [-0.4, -0.2) is 18.3 Å². The minimum absolute atomic E-state index is 0. The van der Waals surface area contributed by atoms with E-state index in [0.29, 0.717) is 4.80 Å². The third-order valence-electron chi connectivity index (χ3n) is 1.43. The monoisotopic (exact) mass is 252 g/mol. The second-order valence-electron chi connectivity index (χ2n) is 2.25. The number of halogens is 1. The van der Waals surface area contributed by atoms with Gasteiger partial charge in [-0.05, 0) is 6.42 Å². The highest BCUT2D eigenvalue weighted by molar-refractivity contribution is 8.93. The van der Waals surface area contributed by atoms with Gasteiger partial charge in [0.05, 0.1) is 0 Å². The fourth-order valence-electron chi connectivity index (χ4n) is 0.859. The minimum Gasteiger partial charge on any atom is -0.385 e.